The summed E-state index contributed by atoms with van der Waals surface area (Å²) in [5.41, 5.74) is -0.771. The van der Waals surface area contributed by atoms with E-state index in [-0.39, 0.29) is 11.2 Å². The van der Waals surface area contributed by atoms with Gasteiger partial charge in [-0.05, 0) is 6.42 Å². The Morgan fingerprint density at radius 2 is 2.43 bits per heavy atom. The van der Waals surface area contributed by atoms with E-state index in [0.717, 1.165) is 24.6 Å². The molecule has 4 nitrogen and oxygen atoms in total. The van der Waals surface area contributed by atoms with Gasteiger partial charge < -0.3 is 10.1 Å². The maximum atomic E-state index is 11.5. The van der Waals surface area contributed by atoms with E-state index in [1.54, 1.807) is 0 Å². The molecule has 0 unspecified atom stereocenters. The lowest BCUT2D eigenvalue weighted by Crippen LogP contribution is -2.51. The van der Waals surface area contributed by atoms with E-state index in [9.17, 15) is 9.59 Å². The molecule has 0 aromatic rings. The van der Waals surface area contributed by atoms with Crippen LogP contribution in [0.3, 0.4) is 0 Å². The van der Waals surface area contributed by atoms with Gasteiger partial charge in [-0.1, -0.05) is 31.5 Å². The quantitative estimate of drug-likeness (QED) is 0.726. The third kappa shape index (κ3) is 2.20. The fourth-order valence-corrected chi connectivity index (χ4v) is 2.46. The van der Waals surface area contributed by atoms with Crippen molar-refractivity contribution in [2.75, 3.05) is 12.9 Å². The van der Waals surface area contributed by atoms with Crippen LogP contribution in [0.25, 0.3) is 0 Å². The summed E-state index contributed by atoms with van der Waals surface area (Å²) >= 11 is 1.15. The molecule has 1 N–H and O–H groups in total. The number of hydrogen-bond acceptors (Lipinski definition) is 4. The molecule has 1 heterocycles. The van der Waals surface area contributed by atoms with Gasteiger partial charge in [0.15, 0.2) is 0 Å². The first-order chi connectivity index (χ1) is 6.64. The molecule has 5 heteroatoms. The maximum Gasteiger partial charge on any atom is 0.332 e. The second-order valence-corrected chi connectivity index (χ2v) is 4.33. The van der Waals surface area contributed by atoms with Gasteiger partial charge in [0.25, 0.3) is 5.24 Å². The largest absolute Gasteiger partial charge is 0.467 e. The minimum Gasteiger partial charge on any atom is -0.467 e. The van der Waals surface area contributed by atoms with Gasteiger partial charge in [0.1, 0.15) is 5.54 Å². The first-order valence-electron chi connectivity index (χ1n) is 4.68. The summed E-state index contributed by atoms with van der Waals surface area (Å²) in [6, 6.07) is 0. The predicted octanol–water partition coefficient (Wildman–Crippen LogP) is 1.54. The van der Waals surface area contributed by atoms with Crippen molar-refractivity contribution in [1.29, 1.82) is 0 Å². The molecule has 0 aromatic carbocycles. The molecule has 0 bridgehead atoms. The summed E-state index contributed by atoms with van der Waals surface area (Å²) in [6.07, 6.45) is 2.57. The molecule has 1 atom stereocenters. The fourth-order valence-electron chi connectivity index (χ4n) is 1.48. The smallest absolute Gasteiger partial charge is 0.332 e. The molecule has 0 aliphatic carbocycles. The van der Waals surface area contributed by atoms with Crippen LogP contribution < -0.4 is 5.32 Å². The van der Waals surface area contributed by atoms with E-state index in [4.69, 9.17) is 4.74 Å². The standard InChI is InChI=1S/C9H15NO3S/c1-3-4-5-9(7(11)13-2)6-14-8(12)10-9/h3-6H2,1-2H3,(H,10,12)/t9-/m1/s1. The number of carbonyl (C=O) groups excluding carboxylic acids is 2. The highest BCUT2D eigenvalue weighted by atomic mass is 32.2. The lowest BCUT2D eigenvalue weighted by atomic mass is 9.95. The van der Waals surface area contributed by atoms with Crippen LogP contribution in [0.2, 0.25) is 0 Å². The Balaban J connectivity index is 2.69. The SMILES string of the molecule is CCCC[C@]1(C(=O)OC)CSC(=O)N1. The number of thioether (sulfide) groups is 1. The molecule has 0 saturated carbocycles. The average molecular weight is 217 g/mol. The molecule has 1 aliphatic rings. The van der Waals surface area contributed by atoms with E-state index in [0.29, 0.717) is 12.2 Å². The Labute approximate surface area is 87.8 Å². The topological polar surface area (TPSA) is 55.4 Å². The summed E-state index contributed by atoms with van der Waals surface area (Å²) in [4.78, 5) is 22.6. The summed E-state index contributed by atoms with van der Waals surface area (Å²) in [5.74, 6) is 0.155. The van der Waals surface area contributed by atoms with Crippen LogP contribution in [0.4, 0.5) is 4.79 Å². The molecule has 1 aliphatic heterocycles. The van der Waals surface area contributed by atoms with Crippen LogP contribution in [0, 0.1) is 0 Å². The molecule has 0 aromatic heterocycles. The second kappa shape index (κ2) is 4.68. The normalized spacial score (nSPS) is 26.0. The van der Waals surface area contributed by atoms with Crippen molar-refractivity contribution in [2.24, 2.45) is 0 Å². The van der Waals surface area contributed by atoms with E-state index in [1.807, 2.05) is 0 Å². The highest BCUT2D eigenvalue weighted by Gasteiger charge is 2.45. The molecule has 0 spiro atoms. The van der Waals surface area contributed by atoms with Crippen molar-refractivity contribution < 1.29 is 14.3 Å². The summed E-state index contributed by atoms with van der Waals surface area (Å²) < 4.78 is 4.72. The van der Waals surface area contributed by atoms with E-state index >= 15 is 0 Å². The highest BCUT2D eigenvalue weighted by molar-refractivity contribution is 8.14. The number of methoxy groups -OCH3 is 1. The van der Waals surface area contributed by atoms with Crippen LogP contribution in [-0.4, -0.2) is 29.6 Å². The van der Waals surface area contributed by atoms with Gasteiger partial charge in [-0.15, -0.1) is 0 Å². The Hall–Kier alpha value is -0.710. The first-order valence-corrected chi connectivity index (χ1v) is 5.66. The molecular weight excluding hydrogens is 202 g/mol. The minimum absolute atomic E-state index is 0.133. The number of amides is 1. The van der Waals surface area contributed by atoms with Crippen LogP contribution in [0.5, 0.6) is 0 Å². The van der Waals surface area contributed by atoms with E-state index < -0.39 is 5.54 Å². The van der Waals surface area contributed by atoms with E-state index in [1.165, 1.54) is 7.11 Å². The zero-order valence-electron chi connectivity index (χ0n) is 8.46. The third-order valence-corrected chi connectivity index (χ3v) is 3.33. The number of nitrogens with one attached hydrogen (secondary N) is 1. The van der Waals surface area contributed by atoms with Crippen molar-refractivity contribution in [3.8, 4) is 0 Å². The first kappa shape index (κ1) is 11.4. The van der Waals surface area contributed by atoms with Gasteiger partial charge in [-0.3, -0.25) is 4.79 Å². The van der Waals surface area contributed by atoms with Gasteiger partial charge in [-0.25, -0.2) is 4.79 Å². The Morgan fingerprint density at radius 3 is 2.86 bits per heavy atom. The Bertz CT molecular complexity index is 244. The molecule has 0 radical (unpaired) electrons. The van der Waals surface area contributed by atoms with Crippen molar-refractivity contribution >= 4 is 23.0 Å². The van der Waals surface area contributed by atoms with Gasteiger partial charge in [0, 0.05) is 5.75 Å². The molecule has 1 saturated heterocycles. The number of carbonyl (C=O) groups is 2. The summed E-state index contributed by atoms with van der Waals surface area (Å²) in [5, 5.41) is 2.57. The number of ether oxygens (including phenoxy) is 1. The second-order valence-electron chi connectivity index (χ2n) is 3.38. The Kier molecular flexibility index (Phi) is 3.80. The minimum atomic E-state index is -0.771. The molecular formula is C9H15NO3S. The number of hydrogen-bond donors (Lipinski definition) is 1. The number of esters is 1. The fraction of sp³-hybridized carbons (Fsp3) is 0.778. The van der Waals surface area contributed by atoms with Crippen LogP contribution in [-0.2, 0) is 9.53 Å². The zero-order valence-corrected chi connectivity index (χ0v) is 9.28. The third-order valence-electron chi connectivity index (χ3n) is 2.32. The van der Waals surface area contributed by atoms with Crippen molar-refractivity contribution in [3.63, 3.8) is 0 Å². The molecule has 1 amide bonds. The van der Waals surface area contributed by atoms with Crippen molar-refractivity contribution in [2.45, 2.75) is 31.7 Å². The Morgan fingerprint density at radius 1 is 1.71 bits per heavy atom. The van der Waals surface area contributed by atoms with Gasteiger partial charge in [0.2, 0.25) is 0 Å². The van der Waals surface area contributed by atoms with Crippen LogP contribution >= 0.6 is 11.8 Å². The number of unbranched alkanes of at least 4 members (excludes halogenated alkanes) is 1. The average Bonchev–Trinajstić information content (AvgIpc) is 2.57. The summed E-state index contributed by atoms with van der Waals surface area (Å²) in [7, 11) is 1.35. The van der Waals surface area contributed by atoms with E-state index in [2.05, 4.69) is 12.2 Å². The number of rotatable bonds is 4. The highest BCUT2D eigenvalue weighted by Crippen LogP contribution is 2.28. The molecule has 1 fully saturated rings. The molecule has 80 valence electrons. The van der Waals surface area contributed by atoms with Gasteiger partial charge in [0.05, 0.1) is 7.11 Å². The van der Waals surface area contributed by atoms with Crippen LogP contribution in [0.1, 0.15) is 26.2 Å². The predicted molar refractivity (Wildman–Crippen MR) is 55.3 cm³/mol. The lowest BCUT2D eigenvalue weighted by molar-refractivity contribution is -0.147. The zero-order chi connectivity index (χ0) is 10.6. The molecule has 14 heavy (non-hydrogen) atoms. The van der Waals surface area contributed by atoms with Crippen molar-refractivity contribution in [3.05, 3.63) is 0 Å². The van der Waals surface area contributed by atoms with Crippen LogP contribution in [0.15, 0.2) is 0 Å². The van der Waals surface area contributed by atoms with Gasteiger partial charge in [-0.2, -0.15) is 0 Å². The summed E-state index contributed by atoms with van der Waals surface area (Å²) in [6.45, 7) is 2.05. The monoisotopic (exact) mass is 217 g/mol. The maximum absolute atomic E-state index is 11.5. The lowest BCUT2D eigenvalue weighted by Gasteiger charge is -2.24. The van der Waals surface area contributed by atoms with Crippen molar-refractivity contribution in [1.82, 2.24) is 5.32 Å². The van der Waals surface area contributed by atoms with Gasteiger partial charge >= 0.3 is 5.97 Å². The molecule has 1 rings (SSSR count).